The number of benzene rings is 1. The molecule has 0 bridgehead atoms. The van der Waals surface area contributed by atoms with Gasteiger partial charge >= 0.3 is 0 Å². The number of amides is 1. The van der Waals surface area contributed by atoms with Crippen molar-refractivity contribution < 1.29 is 4.79 Å². The van der Waals surface area contributed by atoms with Crippen LogP contribution in [0.1, 0.15) is 18.1 Å². The van der Waals surface area contributed by atoms with Crippen molar-refractivity contribution in [1.82, 2.24) is 10.2 Å². The topological polar surface area (TPSA) is 35.6 Å². The summed E-state index contributed by atoms with van der Waals surface area (Å²) >= 11 is 0. The monoisotopic (exact) mass is 361 g/mol. The fraction of sp³-hybridized carbons (Fsp3) is 0.588. The molecule has 6 heteroatoms. The second-order valence-corrected chi connectivity index (χ2v) is 5.99. The summed E-state index contributed by atoms with van der Waals surface area (Å²) in [4.78, 5) is 16.7. The highest BCUT2D eigenvalue weighted by Gasteiger charge is 2.25. The third-order valence-corrected chi connectivity index (χ3v) is 4.44. The summed E-state index contributed by atoms with van der Waals surface area (Å²) in [5, 5.41) is 3.08. The van der Waals surface area contributed by atoms with Gasteiger partial charge in [0.05, 0.1) is 0 Å². The van der Waals surface area contributed by atoms with Gasteiger partial charge in [0.1, 0.15) is 0 Å². The molecule has 1 saturated heterocycles. The number of halogens is 2. The fourth-order valence-corrected chi connectivity index (χ4v) is 2.95. The molecule has 0 aromatic heterocycles. The zero-order valence-electron chi connectivity index (χ0n) is 14.5. The first-order chi connectivity index (χ1) is 10.0. The van der Waals surface area contributed by atoms with Gasteiger partial charge in [0.25, 0.3) is 0 Å². The van der Waals surface area contributed by atoms with Crippen molar-refractivity contribution in [2.24, 2.45) is 5.92 Å². The van der Waals surface area contributed by atoms with Crippen LogP contribution in [0, 0.1) is 19.8 Å². The minimum absolute atomic E-state index is 0. The molecule has 1 fully saturated rings. The highest BCUT2D eigenvalue weighted by atomic mass is 35.5. The molecule has 1 unspecified atom stereocenters. The third kappa shape index (κ3) is 5.27. The summed E-state index contributed by atoms with van der Waals surface area (Å²) in [6.07, 6.45) is 0. The fourth-order valence-electron chi connectivity index (χ4n) is 2.95. The molecule has 1 aromatic rings. The quantitative estimate of drug-likeness (QED) is 0.895. The Labute approximate surface area is 152 Å². The van der Waals surface area contributed by atoms with Gasteiger partial charge in [-0.3, -0.25) is 4.79 Å². The van der Waals surface area contributed by atoms with E-state index in [-0.39, 0.29) is 36.6 Å². The van der Waals surface area contributed by atoms with Crippen LogP contribution in [0.2, 0.25) is 0 Å². The van der Waals surface area contributed by atoms with Gasteiger partial charge in [0, 0.05) is 44.3 Å². The Morgan fingerprint density at radius 3 is 2.35 bits per heavy atom. The average Bonchev–Trinajstić information content (AvgIpc) is 2.50. The van der Waals surface area contributed by atoms with Gasteiger partial charge in [-0.15, -0.1) is 24.8 Å². The number of rotatable bonds is 4. The van der Waals surface area contributed by atoms with Gasteiger partial charge < -0.3 is 15.1 Å². The van der Waals surface area contributed by atoms with Crippen molar-refractivity contribution in [1.29, 1.82) is 0 Å². The maximum absolute atomic E-state index is 12.3. The normalized spacial score (nSPS) is 15.5. The first-order valence-corrected chi connectivity index (χ1v) is 7.79. The van der Waals surface area contributed by atoms with Crippen molar-refractivity contribution in [3.05, 3.63) is 29.3 Å². The summed E-state index contributed by atoms with van der Waals surface area (Å²) in [7, 11) is 1.89. The zero-order valence-corrected chi connectivity index (χ0v) is 16.1. The standard InChI is InChI=1S/C17H27N3O.2ClH/c1-13-6-5-7-16(15(13)3)19-8-10-20(11-9-19)17(21)14(2)12-18-4;;/h5-7,14,18H,8-12H2,1-4H3;2*1H. The van der Waals surface area contributed by atoms with Crippen LogP contribution < -0.4 is 10.2 Å². The van der Waals surface area contributed by atoms with E-state index in [2.05, 4.69) is 42.3 Å². The first kappa shape index (κ1) is 22.0. The van der Waals surface area contributed by atoms with E-state index in [4.69, 9.17) is 0 Å². The molecule has 0 radical (unpaired) electrons. The summed E-state index contributed by atoms with van der Waals surface area (Å²) in [5.74, 6) is 0.326. The number of nitrogens with one attached hydrogen (secondary N) is 1. The predicted molar refractivity (Wildman–Crippen MR) is 102 cm³/mol. The second-order valence-electron chi connectivity index (χ2n) is 5.99. The van der Waals surface area contributed by atoms with E-state index < -0.39 is 0 Å². The van der Waals surface area contributed by atoms with Crippen molar-refractivity contribution in [2.45, 2.75) is 20.8 Å². The number of carbonyl (C=O) groups excluding carboxylic acids is 1. The molecule has 2 rings (SSSR count). The maximum atomic E-state index is 12.3. The summed E-state index contributed by atoms with van der Waals surface area (Å²) < 4.78 is 0. The molecule has 1 heterocycles. The lowest BCUT2D eigenvalue weighted by Crippen LogP contribution is -2.51. The lowest BCUT2D eigenvalue weighted by Gasteiger charge is -2.38. The van der Waals surface area contributed by atoms with E-state index in [1.165, 1.54) is 16.8 Å². The van der Waals surface area contributed by atoms with Crippen molar-refractivity contribution in [2.75, 3.05) is 44.7 Å². The molecule has 0 spiro atoms. The van der Waals surface area contributed by atoms with Crippen LogP contribution in [0.15, 0.2) is 18.2 Å². The van der Waals surface area contributed by atoms with E-state index in [1.54, 1.807) is 0 Å². The summed E-state index contributed by atoms with van der Waals surface area (Å²) in [6.45, 7) is 10.5. The third-order valence-electron chi connectivity index (χ3n) is 4.44. The largest absolute Gasteiger partial charge is 0.368 e. The molecule has 1 aliphatic heterocycles. The van der Waals surface area contributed by atoms with E-state index >= 15 is 0 Å². The smallest absolute Gasteiger partial charge is 0.226 e. The van der Waals surface area contributed by atoms with Crippen LogP contribution in [0.25, 0.3) is 0 Å². The highest BCUT2D eigenvalue weighted by Crippen LogP contribution is 2.24. The number of hydrogen-bond acceptors (Lipinski definition) is 3. The van der Waals surface area contributed by atoms with E-state index in [9.17, 15) is 4.79 Å². The van der Waals surface area contributed by atoms with Crippen LogP contribution in [-0.2, 0) is 4.79 Å². The van der Waals surface area contributed by atoms with Gasteiger partial charge in [-0.05, 0) is 38.1 Å². The van der Waals surface area contributed by atoms with Crippen molar-refractivity contribution in [3.8, 4) is 0 Å². The van der Waals surface area contributed by atoms with Crippen LogP contribution in [0.4, 0.5) is 5.69 Å². The van der Waals surface area contributed by atoms with Gasteiger partial charge in [0.2, 0.25) is 5.91 Å². The molecule has 1 amide bonds. The lowest BCUT2D eigenvalue weighted by atomic mass is 10.1. The number of hydrogen-bond donors (Lipinski definition) is 1. The van der Waals surface area contributed by atoms with Gasteiger partial charge in [0.15, 0.2) is 0 Å². The zero-order chi connectivity index (χ0) is 15.4. The van der Waals surface area contributed by atoms with Crippen LogP contribution in [-0.4, -0.2) is 50.6 Å². The Bertz CT molecular complexity index is 503. The van der Waals surface area contributed by atoms with Gasteiger partial charge in [-0.2, -0.15) is 0 Å². The summed E-state index contributed by atoms with van der Waals surface area (Å²) in [5.41, 5.74) is 3.99. The van der Waals surface area contributed by atoms with Crippen LogP contribution in [0.3, 0.4) is 0 Å². The average molecular weight is 362 g/mol. The predicted octanol–water partition coefficient (Wildman–Crippen LogP) is 2.65. The molecular weight excluding hydrogens is 333 g/mol. The minimum Gasteiger partial charge on any atom is -0.368 e. The Balaban J connectivity index is 0.00000242. The number of carbonyl (C=O) groups is 1. The molecule has 4 nitrogen and oxygen atoms in total. The SMILES string of the molecule is CNCC(C)C(=O)N1CCN(c2cccc(C)c2C)CC1.Cl.Cl. The van der Waals surface area contributed by atoms with E-state index in [1.807, 2.05) is 18.9 Å². The maximum Gasteiger partial charge on any atom is 0.226 e. The van der Waals surface area contributed by atoms with Crippen LogP contribution >= 0.6 is 24.8 Å². The Hall–Kier alpha value is -0.970. The first-order valence-electron chi connectivity index (χ1n) is 7.79. The number of nitrogens with zero attached hydrogens (tertiary/aromatic N) is 2. The Morgan fingerprint density at radius 2 is 1.78 bits per heavy atom. The van der Waals surface area contributed by atoms with Gasteiger partial charge in [-0.1, -0.05) is 19.1 Å². The molecule has 1 N–H and O–H groups in total. The number of aryl methyl sites for hydroxylation is 1. The Kier molecular flexibility index (Phi) is 9.59. The van der Waals surface area contributed by atoms with Crippen molar-refractivity contribution in [3.63, 3.8) is 0 Å². The molecule has 1 aliphatic rings. The molecule has 132 valence electrons. The second kappa shape index (κ2) is 10.0. The van der Waals surface area contributed by atoms with Gasteiger partial charge in [-0.25, -0.2) is 0 Å². The molecule has 1 atom stereocenters. The van der Waals surface area contributed by atoms with E-state index in [0.29, 0.717) is 0 Å². The molecular formula is C17H29Cl2N3O. The Morgan fingerprint density at radius 1 is 1.17 bits per heavy atom. The highest BCUT2D eigenvalue weighted by molar-refractivity contribution is 5.85. The molecule has 23 heavy (non-hydrogen) atoms. The molecule has 0 aliphatic carbocycles. The minimum atomic E-state index is 0. The number of piperazine rings is 1. The molecule has 1 aromatic carbocycles. The molecule has 0 saturated carbocycles. The van der Waals surface area contributed by atoms with Crippen molar-refractivity contribution >= 4 is 36.4 Å². The number of anilines is 1. The van der Waals surface area contributed by atoms with Crippen LogP contribution in [0.5, 0.6) is 0 Å². The van der Waals surface area contributed by atoms with E-state index in [0.717, 1.165) is 32.7 Å². The lowest BCUT2D eigenvalue weighted by molar-refractivity contribution is -0.135. The summed E-state index contributed by atoms with van der Waals surface area (Å²) in [6, 6.07) is 6.45.